The van der Waals surface area contributed by atoms with Crippen molar-refractivity contribution in [2.75, 3.05) is 21.3 Å². The Hall–Kier alpha value is -2.73. The number of methoxy groups -OCH3 is 3. The number of thiazole rings is 1. The van der Waals surface area contributed by atoms with E-state index >= 15 is 0 Å². The second-order valence-corrected chi connectivity index (χ2v) is 8.18. The van der Waals surface area contributed by atoms with Gasteiger partial charge in [-0.2, -0.15) is 0 Å². The van der Waals surface area contributed by atoms with Crippen LogP contribution in [0.5, 0.6) is 17.2 Å². The van der Waals surface area contributed by atoms with E-state index in [1.165, 1.54) is 11.1 Å². The van der Waals surface area contributed by atoms with Crippen LogP contribution in [0, 0.1) is 13.8 Å². The van der Waals surface area contributed by atoms with Gasteiger partial charge in [0.25, 0.3) is 0 Å². The van der Waals surface area contributed by atoms with Crippen LogP contribution in [0.3, 0.4) is 0 Å². The SMILES string of the molecule is CCC(C)n1c(-c2cc(OC)c(OC)c(OC)c2)csc1=Nc1cc(C)ccc1C. The summed E-state index contributed by atoms with van der Waals surface area (Å²) in [5.74, 6) is 1.87. The summed E-state index contributed by atoms with van der Waals surface area (Å²) in [5.41, 5.74) is 5.46. The maximum absolute atomic E-state index is 5.56. The third-order valence-electron chi connectivity index (χ3n) is 5.31. The van der Waals surface area contributed by atoms with Gasteiger partial charge in [0.15, 0.2) is 16.3 Å². The van der Waals surface area contributed by atoms with Gasteiger partial charge in [-0.15, -0.1) is 11.3 Å². The first-order valence-electron chi connectivity index (χ1n) is 10.1. The number of benzene rings is 2. The molecular formula is C24H30N2O3S. The van der Waals surface area contributed by atoms with Crippen molar-refractivity contribution in [3.8, 4) is 28.5 Å². The maximum atomic E-state index is 5.56. The van der Waals surface area contributed by atoms with Gasteiger partial charge in [0, 0.05) is 17.0 Å². The van der Waals surface area contributed by atoms with Gasteiger partial charge in [0.05, 0.1) is 32.7 Å². The normalized spacial score (nSPS) is 12.7. The number of aromatic nitrogens is 1. The molecule has 0 N–H and O–H groups in total. The molecule has 0 aliphatic heterocycles. The maximum Gasteiger partial charge on any atom is 0.203 e. The minimum atomic E-state index is 0.286. The Morgan fingerprint density at radius 2 is 1.67 bits per heavy atom. The zero-order valence-electron chi connectivity index (χ0n) is 18.8. The minimum absolute atomic E-state index is 0.286. The van der Waals surface area contributed by atoms with Crippen LogP contribution in [-0.4, -0.2) is 25.9 Å². The van der Waals surface area contributed by atoms with Crippen molar-refractivity contribution in [1.82, 2.24) is 4.57 Å². The van der Waals surface area contributed by atoms with Gasteiger partial charge in [0.1, 0.15) is 0 Å². The van der Waals surface area contributed by atoms with Crippen molar-refractivity contribution in [3.63, 3.8) is 0 Å². The summed E-state index contributed by atoms with van der Waals surface area (Å²) in [6.07, 6.45) is 0.994. The summed E-state index contributed by atoms with van der Waals surface area (Å²) in [6, 6.07) is 10.6. The Bertz CT molecular complexity index is 1070. The Balaban J connectivity index is 2.25. The van der Waals surface area contributed by atoms with Crippen LogP contribution in [0.4, 0.5) is 5.69 Å². The largest absolute Gasteiger partial charge is 0.493 e. The monoisotopic (exact) mass is 426 g/mol. The molecule has 0 aliphatic carbocycles. The lowest BCUT2D eigenvalue weighted by molar-refractivity contribution is 0.324. The lowest BCUT2D eigenvalue weighted by atomic mass is 10.1. The van der Waals surface area contributed by atoms with E-state index in [1.807, 2.05) is 12.1 Å². The molecule has 0 fully saturated rings. The number of nitrogens with zero attached hydrogens (tertiary/aromatic N) is 2. The van der Waals surface area contributed by atoms with E-state index in [9.17, 15) is 0 Å². The van der Waals surface area contributed by atoms with Crippen molar-refractivity contribution in [2.45, 2.75) is 40.2 Å². The minimum Gasteiger partial charge on any atom is -0.493 e. The molecule has 5 nitrogen and oxygen atoms in total. The fraction of sp³-hybridized carbons (Fsp3) is 0.375. The predicted octanol–water partition coefficient (Wildman–Crippen LogP) is 6.06. The molecular weight excluding hydrogens is 396 g/mol. The molecule has 0 saturated carbocycles. The number of hydrogen-bond donors (Lipinski definition) is 0. The molecule has 1 heterocycles. The second kappa shape index (κ2) is 9.39. The highest BCUT2D eigenvalue weighted by Gasteiger charge is 2.18. The van der Waals surface area contributed by atoms with E-state index < -0.39 is 0 Å². The highest BCUT2D eigenvalue weighted by Crippen LogP contribution is 2.41. The van der Waals surface area contributed by atoms with Crippen LogP contribution in [0.25, 0.3) is 11.3 Å². The average Bonchev–Trinajstić information content (AvgIpc) is 3.18. The summed E-state index contributed by atoms with van der Waals surface area (Å²) in [7, 11) is 4.89. The standard InChI is InChI=1S/C24H30N2O3S/c1-8-17(4)26-20(18-12-21(27-5)23(29-7)22(13-18)28-6)14-30-24(26)25-19-11-15(2)9-10-16(19)3/h9-14,17H,8H2,1-7H3. The fourth-order valence-corrected chi connectivity index (χ4v) is 4.40. The summed E-state index contributed by atoms with van der Waals surface area (Å²) in [6.45, 7) is 8.60. The van der Waals surface area contributed by atoms with Gasteiger partial charge in [-0.05, 0) is 56.5 Å². The van der Waals surface area contributed by atoms with Crippen molar-refractivity contribution in [1.29, 1.82) is 0 Å². The van der Waals surface area contributed by atoms with Crippen molar-refractivity contribution in [3.05, 3.63) is 51.6 Å². The molecule has 3 rings (SSSR count). The van der Waals surface area contributed by atoms with Crippen LogP contribution >= 0.6 is 11.3 Å². The van der Waals surface area contributed by atoms with Crippen molar-refractivity contribution >= 4 is 17.0 Å². The molecule has 0 amide bonds. The molecule has 0 aliphatic rings. The van der Waals surface area contributed by atoms with Crippen LogP contribution in [-0.2, 0) is 0 Å². The first-order chi connectivity index (χ1) is 14.4. The quantitative estimate of drug-likeness (QED) is 0.461. The van der Waals surface area contributed by atoms with Crippen molar-refractivity contribution in [2.24, 2.45) is 4.99 Å². The summed E-state index contributed by atoms with van der Waals surface area (Å²) < 4.78 is 18.9. The fourth-order valence-electron chi connectivity index (χ4n) is 3.39. The van der Waals surface area contributed by atoms with Crippen LogP contribution in [0.15, 0.2) is 40.7 Å². The molecule has 1 atom stereocenters. The van der Waals surface area contributed by atoms with Gasteiger partial charge < -0.3 is 18.8 Å². The van der Waals surface area contributed by atoms with Gasteiger partial charge in [0.2, 0.25) is 5.75 Å². The lowest BCUT2D eigenvalue weighted by Gasteiger charge is -2.18. The summed E-state index contributed by atoms with van der Waals surface area (Å²) in [5, 5.41) is 2.15. The molecule has 30 heavy (non-hydrogen) atoms. The zero-order chi connectivity index (χ0) is 21.8. The lowest BCUT2D eigenvalue weighted by Crippen LogP contribution is -2.19. The Labute approximate surface area is 182 Å². The molecule has 2 aromatic carbocycles. The molecule has 0 bridgehead atoms. The molecule has 1 aromatic heterocycles. The first-order valence-corrected chi connectivity index (χ1v) is 10.9. The number of hydrogen-bond acceptors (Lipinski definition) is 5. The van der Waals surface area contributed by atoms with E-state index in [0.717, 1.165) is 28.2 Å². The van der Waals surface area contributed by atoms with Crippen LogP contribution in [0.1, 0.15) is 37.4 Å². The van der Waals surface area contributed by atoms with Crippen LogP contribution in [0.2, 0.25) is 0 Å². The summed E-state index contributed by atoms with van der Waals surface area (Å²) in [4.78, 5) is 6.00. The third kappa shape index (κ3) is 4.24. The Morgan fingerprint density at radius 1 is 1.00 bits per heavy atom. The van der Waals surface area contributed by atoms with Crippen molar-refractivity contribution < 1.29 is 14.2 Å². The molecule has 160 valence electrons. The average molecular weight is 427 g/mol. The topological polar surface area (TPSA) is 45.0 Å². The van der Waals surface area contributed by atoms with E-state index in [2.05, 4.69) is 55.8 Å². The first kappa shape index (κ1) is 22.0. The van der Waals surface area contributed by atoms with Gasteiger partial charge >= 0.3 is 0 Å². The van der Waals surface area contributed by atoms with Gasteiger partial charge in [-0.25, -0.2) is 4.99 Å². The second-order valence-electron chi connectivity index (χ2n) is 7.35. The van der Waals surface area contributed by atoms with E-state index in [0.29, 0.717) is 17.2 Å². The molecule has 3 aromatic rings. The Kier molecular flexibility index (Phi) is 6.87. The summed E-state index contributed by atoms with van der Waals surface area (Å²) >= 11 is 1.64. The number of ether oxygens (including phenoxy) is 3. The van der Waals surface area contributed by atoms with Crippen LogP contribution < -0.4 is 19.0 Å². The molecule has 0 saturated heterocycles. The molecule has 0 radical (unpaired) electrons. The van der Waals surface area contributed by atoms with Gasteiger partial charge in [-0.1, -0.05) is 19.1 Å². The smallest absolute Gasteiger partial charge is 0.203 e. The Morgan fingerprint density at radius 3 is 2.23 bits per heavy atom. The highest BCUT2D eigenvalue weighted by molar-refractivity contribution is 7.07. The third-order valence-corrected chi connectivity index (χ3v) is 6.15. The highest BCUT2D eigenvalue weighted by atomic mass is 32.1. The van der Waals surface area contributed by atoms with E-state index in [4.69, 9.17) is 19.2 Å². The zero-order valence-corrected chi connectivity index (χ0v) is 19.6. The molecule has 6 heteroatoms. The number of aryl methyl sites for hydroxylation is 2. The van der Waals surface area contributed by atoms with E-state index in [1.54, 1.807) is 32.7 Å². The van der Waals surface area contributed by atoms with E-state index in [-0.39, 0.29) is 6.04 Å². The predicted molar refractivity (Wildman–Crippen MR) is 124 cm³/mol. The number of rotatable bonds is 7. The van der Waals surface area contributed by atoms with Gasteiger partial charge in [-0.3, -0.25) is 0 Å². The molecule has 0 spiro atoms. The molecule has 1 unspecified atom stereocenters.